The largest absolute Gasteiger partial charge is 0.329 e. The van der Waals surface area contributed by atoms with E-state index >= 15 is 0 Å². The number of aryl methyl sites for hydroxylation is 1. The maximum Gasteiger partial charge on any atom is 0.316 e. The molecule has 0 aliphatic rings. The van der Waals surface area contributed by atoms with Crippen LogP contribution in [0.4, 0.5) is 5.69 Å². The van der Waals surface area contributed by atoms with Crippen LogP contribution in [0.5, 0.6) is 0 Å². The van der Waals surface area contributed by atoms with Gasteiger partial charge in [-0.1, -0.05) is 6.92 Å². The number of nitrogens with zero attached hydrogens (tertiary/aromatic N) is 5. The van der Waals surface area contributed by atoms with Gasteiger partial charge >= 0.3 is 5.69 Å². The highest BCUT2D eigenvalue weighted by Crippen LogP contribution is 2.26. The van der Waals surface area contributed by atoms with Gasteiger partial charge < -0.3 is 4.57 Å². The minimum absolute atomic E-state index is 0.0401. The summed E-state index contributed by atoms with van der Waals surface area (Å²) in [5.41, 5.74) is -0.0681. The van der Waals surface area contributed by atoms with Gasteiger partial charge in [0, 0.05) is 18.9 Å². The maximum atomic E-state index is 10.9. The molecule has 0 aliphatic carbocycles. The number of imidazole rings is 1. The second kappa shape index (κ2) is 5.09. The summed E-state index contributed by atoms with van der Waals surface area (Å²) in [5.74, 6) is 0.424. The molecule has 0 unspecified atom stereocenters. The number of halogens is 1. The van der Waals surface area contributed by atoms with Crippen LogP contribution in [0.1, 0.15) is 13.3 Å². The third-order valence-corrected chi connectivity index (χ3v) is 2.51. The van der Waals surface area contributed by atoms with Crippen molar-refractivity contribution in [3.8, 4) is 11.5 Å². The molecule has 2 aromatic heterocycles. The Balaban J connectivity index is 2.58. The van der Waals surface area contributed by atoms with E-state index in [4.69, 9.17) is 11.6 Å². The van der Waals surface area contributed by atoms with Crippen LogP contribution in [0.25, 0.3) is 11.5 Å². The third kappa shape index (κ3) is 2.30. The first-order valence-corrected chi connectivity index (χ1v) is 5.69. The van der Waals surface area contributed by atoms with Crippen LogP contribution in [0.15, 0.2) is 18.6 Å². The normalized spacial score (nSPS) is 10.6. The molecule has 0 bridgehead atoms. The van der Waals surface area contributed by atoms with Crippen molar-refractivity contribution in [2.45, 2.75) is 19.9 Å². The van der Waals surface area contributed by atoms with Crippen molar-refractivity contribution in [2.24, 2.45) is 0 Å². The van der Waals surface area contributed by atoms with Crippen molar-refractivity contribution < 1.29 is 4.92 Å². The molecule has 0 saturated carbocycles. The average Bonchev–Trinajstić information content (AvgIpc) is 2.77. The second-order valence-corrected chi connectivity index (χ2v) is 3.91. The Morgan fingerprint density at radius 3 is 2.94 bits per heavy atom. The van der Waals surface area contributed by atoms with Gasteiger partial charge in [0.1, 0.15) is 6.20 Å². The quantitative estimate of drug-likeness (QED) is 0.482. The van der Waals surface area contributed by atoms with Gasteiger partial charge in [-0.15, -0.1) is 0 Å². The van der Waals surface area contributed by atoms with Gasteiger partial charge in [0.05, 0.1) is 4.92 Å². The second-order valence-electron chi connectivity index (χ2n) is 3.57. The molecule has 8 heteroatoms. The highest BCUT2D eigenvalue weighted by atomic mass is 35.5. The van der Waals surface area contributed by atoms with Crippen molar-refractivity contribution >= 4 is 17.3 Å². The lowest BCUT2D eigenvalue weighted by molar-refractivity contribution is -0.384. The molecule has 0 fully saturated rings. The zero-order chi connectivity index (χ0) is 13.1. The van der Waals surface area contributed by atoms with Crippen molar-refractivity contribution in [2.75, 3.05) is 0 Å². The summed E-state index contributed by atoms with van der Waals surface area (Å²) >= 11 is 5.69. The van der Waals surface area contributed by atoms with E-state index in [2.05, 4.69) is 15.0 Å². The lowest BCUT2D eigenvalue weighted by atomic mass is 10.3. The smallest absolute Gasteiger partial charge is 0.316 e. The molecule has 7 nitrogen and oxygen atoms in total. The minimum atomic E-state index is -0.545. The predicted octanol–water partition coefficient (Wildman–Crippen LogP) is 2.31. The SMILES string of the molecule is CCCn1ccnc1-c1nc(Cl)ncc1[N+](=O)[O-]. The Morgan fingerprint density at radius 1 is 1.50 bits per heavy atom. The van der Waals surface area contributed by atoms with Crippen molar-refractivity contribution in [3.05, 3.63) is 34.0 Å². The number of rotatable bonds is 4. The van der Waals surface area contributed by atoms with Gasteiger partial charge in [-0.25, -0.2) is 15.0 Å². The third-order valence-electron chi connectivity index (χ3n) is 2.33. The standard InChI is InChI=1S/C10H10ClN5O2/c1-2-4-15-5-3-12-9(15)8-7(16(17)18)6-13-10(11)14-8/h3,5-6H,2,4H2,1H3. The van der Waals surface area contributed by atoms with E-state index in [1.54, 1.807) is 17.0 Å². The number of aromatic nitrogens is 4. The molecule has 0 atom stereocenters. The van der Waals surface area contributed by atoms with Crippen LogP contribution >= 0.6 is 11.6 Å². The molecule has 94 valence electrons. The van der Waals surface area contributed by atoms with Crippen LogP contribution < -0.4 is 0 Å². The molecule has 0 amide bonds. The Labute approximate surface area is 108 Å². The molecule has 2 heterocycles. The van der Waals surface area contributed by atoms with Crippen molar-refractivity contribution in [1.29, 1.82) is 0 Å². The summed E-state index contributed by atoms with van der Waals surface area (Å²) in [6.07, 6.45) is 5.30. The molecular formula is C10H10ClN5O2. The fourth-order valence-electron chi connectivity index (χ4n) is 1.60. The first kappa shape index (κ1) is 12.4. The summed E-state index contributed by atoms with van der Waals surface area (Å²) < 4.78 is 1.80. The summed E-state index contributed by atoms with van der Waals surface area (Å²) in [6.45, 7) is 2.71. The Hall–Kier alpha value is -2.02. The summed E-state index contributed by atoms with van der Waals surface area (Å²) in [7, 11) is 0. The molecule has 18 heavy (non-hydrogen) atoms. The first-order valence-electron chi connectivity index (χ1n) is 5.32. The molecule has 0 spiro atoms. The maximum absolute atomic E-state index is 10.9. The van der Waals surface area contributed by atoms with Crippen molar-refractivity contribution in [3.63, 3.8) is 0 Å². The Kier molecular flexibility index (Phi) is 3.52. The lowest BCUT2D eigenvalue weighted by Gasteiger charge is -2.05. The lowest BCUT2D eigenvalue weighted by Crippen LogP contribution is -2.03. The van der Waals surface area contributed by atoms with Gasteiger partial charge in [-0.3, -0.25) is 10.1 Å². The zero-order valence-electron chi connectivity index (χ0n) is 9.58. The van der Waals surface area contributed by atoms with Gasteiger partial charge in [-0.05, 0) is 18.0 Å². The van der Waals surface area contributed by atoms with Crippen LogP contribution in [0, 0.1) is 10.1 Å². The zero-order valence-corrected chi connectivity index (χ0v) is 10.3. The van der Waals surface area contributed by atoms with Gasteiger partial charge in [0.2, 0.25) is 5.28 Å². The predicted molar refractivity (Wildman–Crippen MR) is 65.2 cm³/mol. The summed E-state index contributed by atoms with van der Waals surface area (Å²) in [4.78, 5) is 22.0. The van der Waals surface area contributed by atoms with E-state index in [9.17, 15) is 10.1 Å². The summed E-state index contributed by atoms with van der Waals surface area (Å²) in [6, 6.07) is 0. The van der Waals surface area contributed by atoms with E-state index < -0.39 is 4.92 Å². The highest BCUT2D eigenvalue weighted by Gasteiger charge is 2.22. The van der Waals surface area contributed by atoms with E-state index in [1.807, 2.05) is 6.92 Å². The minimum Gasteiger partial charge on any atom is -0.329 e. The van der Waals surface area contributed by atoms with E-state index in [0.29, 0.717) is 12.4 Å². The molecule has 0 N–H and O–H groups in total. The van der Waals surface area contributed by atoms with Gasteiger partial charge in [0.15, 0.2) is 11.5 Å². The molecular weight excluding hydrogens is 258 g/mol. The van der Waals surface area contributed by atoms with E-state index in [0.717, 1.165) is 12.6 Å². The van der Waals surface area contributed by atoms with Crippen molar-refractivity contribution in [1.82, 2.24) is 19.5 Å². The Bertz CT molecular complexity index is 583. The summed E-state index contributed by atoms with van der Waals surface area (Å²) in [5, 5.41) is 10.9. The van der Waals surface area contributed by atoms with Crippen LogP contribution in [-0.4, -0.2) is 24.4 Å². The number of hydrogen-bond donors (Lipinski definition) is 0. The van der Waals surface area contributed by atoms with E-state index in [-0.39, 0.29) is 16.7 Å². The Morgan fingerprint density at radius 2 is 2.28 bits per heavy atom. The molecule has 0 saturated heterocycles. The highest BCUT2D eigenvalue weighted by molar-refractivity contribution is 6.28. The van der Waals surface area contributed by atoms with Crippen LogP contribution in [0.3, 0.4) is 0 Å². The average molecular weight is 268 g/mol. The fourth-order valence-corrected chi connectivity index (χ4v) is 1.73. The molecule has 2 rings (SSSR count). The first-order chi connectivity index (χ1) is 8.63. The van der Waals surface area contributed by atoms with Gasteiger partial charge in [0.25, 0.3) is 0 Å². The van der Waals surface area contributed by atoms with E-state index in [1.165, 1.54) is 0 Å². The molecule has 2 aromatic rings. The monoisotopic (exact) mass is 267 g/mol. The number of nitro groups is 1. The molecule has 0 radical (unpaired) electrons. The van der Waals surface area contributed by atoms with Crippen LogP contribution in [0.2, 0.25) is 5.28 Å². The topological polar surface area (TPSA) is 86.7 Å². The fraction of sp³-hybridized carbons (Fsp3) is 0.300. The molecule has 0 aliphatic heterocycles. The molecule has 0 aromatic carbocycles. The number of hydrogen-bond acceptors (Lipinski definition) is 5. The van der Waals surface area contributed by atoms with Gasteiger partial charge in [-0.2, -0.15) is 0 Å². The van der Waals surface area contributed by atoms with Crippen LogP contribution in [-0.2, 0) is 6.54 Å².